The minimum absolute atomic E-state index is 0.125. The van der Waals surface area contributed by atoms with Gasteiger partial charge < -0.3 is 4.90 Å². The van der Waals surface area contributed by atoms with E-state index in [1.165, 1.54) is 4.90 Å². The van der Waals surface area contributed by atoms with Gasteiger partial charge in [0, 0.05) is 19.4 Å². The Morgan fingerprint density at radius 2 is 1.80 bits per heavy atom. The summed E-state index contributed by atoms with van der Waals surface area (Å²) in [6.45, 7) is 0.230. The smallest absolute Gasteiger partial charge is 0.351 e. The first kappa shape index (κ1) is 14.6. The summed E-state index contributed by atoms with van der Waals surface area (Å²) < 4.78 is 38.1. The Balaban J connectivity index is 2.29. The van der Waals surface area contributed by atoms with Gasteiger partial charge in [-0.3, -0.25) is 0 Å². The van der Waals surface area contributed by atoms with Gasteiger partial charge in [-0.25, -0.2) is 19.9 Å². The van der Waals surface area contributed by atoms with E-state index in [1.54, 1.807) is 25.5 Å². The van der Waals surface area contributed by atoms with Gasteiger partial charge in [-0.1, -0.05) is 0 Å². The fraction of sp³-hybridized carbons (Fsp3) is 0.273. The maximum absolute atomic E-state index is 12.8. The molecule has 0 aliphatic rings. The van der Waals surface area contributed by atoms with Crippen LogP contribution in [-0.4, -0.2) is 27.0 Å². The third-order valence-corrected chi connectivity index (χ3v) is 3.13. The highest BCUT2D eigenvalue weighted by molar-refractivity contribution is 9.10. The Bertz CT molecular complexity index is 590. The zero-order valence-corrected chi connectivity index (χ0v) is 11.9. The maximum Gasteiger partial charge on any atom is 0.434 e. The van der Waals surface area contributed by atoms with Crippen LogP contribution in [0, 0.1) is 0 Å². The van der Waals surface area contributed by atoms with Gasteiger partial charge in [0.1, 0.15) is 18.0 Å². The normalized spacial score (nSPS) is 11.4. The van der Waals surface area contributed by atoms with Crippen LogP contribution in [0.15, 0.2) is 29.3 Å². The molecule has 0 aliphatic heterocycles. The minimum atomic E-state index is -4.54. The molecule has 0 spiro atoms. The van der Waals surface area contributed by atoms with Crippen molar-refractivity contribution in [1.82, 2.24) is 19.9 Å². The summed E-state index contributed by atoms with van der Waals surface area (Å²) in [5.74, 6) is 0.605. The summed E-state index contributed by atoms with van der Waals surface area (Å²) in [4.78, 5) is 16.7. The van der Waals surface area contributed by atoms with Crippen molar-refractivity contribution in [2.24, 2.45) is 0 Å². The number of alkyl halides is 3. The average Bonchev–Trinajstić information content (AvgIpc) is 2.38. The predicted octanol–water partition coefficient (Wildman–Crippen LogP) is 2.68. The fourth-order valence-electron chi connectivity index (χ4n) is 1.52. The van der Waals surface area contributed by atoms with E-state index in [4.69, 9.17) is 0 Å². The van der Waals surface area contributed by atoms with E-state index in [0.29, 0.717) is 5.82 Å². The zero-order chi connectivity index (χ0) is 14.8. The number of hydrogen-bond donors (Lipinski definition) is 0. The lowest BCUT2D eigenvalue weighted by molar-refractivity contribution is -0.141. The number of rotatable bonds is 3. The molecule has 9 heteroatoms. The molecule has 20 heavy (non-hydrogen) atoms. The lowest BCUT2D eigenvalue weighted by Crippen LogP contribution is -2.21. The lowest BCUT2D eigenvalue weighted by atomic mass is 10.3. The van der Waals surface area contributed by atoms with Gasteiger partial charge in [0.05, 0.1) is 11.0 Å². The fourth-order valence-corrected chi connectivity index (χ4v) is 2.26. The Morgan fingerprint density at radius 1 is 1.15 bits per heavy atom. The molecule has 0 atom stereocenters. The molecular formula is C11H9BrF3N5. The maximum atomic E-state index is 12.8. The molecular weight excluding hydrogens is 339 g/mol. The van der Waals surface area contributed by atoms with E-state index < -0.39 is 11.9 Å². The molecule has 2 heterocycles. The molecule has 0 amide bonds. The van der Waals surface area contributed by atoms with Crippen molar-refractivity contribution < 1.29 is 13.2 Å². The van der Waals surface area contributed by atoms with Crippen molar-refractivity contribution in [3.8, 4) is 0 Å². The molecule has 2 rings (SSSR count). The monoisotopic (exact) mass is 347 g/mol. The number of hydrogen-bond acceptors (Lipinski definition) is 5. The van der Waals surface area contributed by atoms with E-state index in [2.05, 4.69) is 35.9 Å². The minimum Gasteiger partial charge on any atom is -0.351 e. The molecule has 5 nitrogen and oxygen atoms in total. The quantitative estimate of drug-likeness (QED) is 0.854. The van der Waals surface area contributed by atoms with Gasteiger partial charge in [0.25, 0.3) is 0 Å². The van der Waals surface area contributed by atoms with E-state index in [0.717, 1.165) is 6.33 Å². The first-order valence-electron chi connectivity index (χ1n) is 5.44. The molecule has 0 saturated heterocycles. The van der Waals surface area contributed by atoms with Crippen LogP contribution in [0.5, 0.6) is 0 Å². The largest absolute Gasteiger partial charge is 0.434 e. The van der Waals surface area contributed by atoms with Crippen molar-refractivity contribution in [3.05, 3.63) is 40.8 Å². The number of aromatic nitrogens is 4. The van der Waals surface area contributed by atoms with Crippen LogP contribution in [0.1, 0.15) is 11.5 Å². The Hall–Kier alpha value is -1.77. The van der Waals surface area contributed by atoms with E-state index in [-0.39, 0.29) is 16.8 Å². The highest BCUT2D eigenvalue weighted by Gasteiger charge is 2.36. The molecule has 0 bridgehead atoms. The first-order chi connectivity index (χ1) is 9.39. The lowest BCUT2D eigenvalue weighted by Gasteiger charge is -2.19. The van der Waals surface area contributed by atoms with Gasteiger partial charge in [0.2, 0.25) is 0 Å². The molecule has 2 aromatic heterocycles. The van der Waals surface area contributed by atoms with Crippen molar-refractivity contribution in [2.45, 2.75) is 12.7 Å². The summed E-state index contributed by atoms with van der Waals surface area (Å²) in [7, 11) is 1.60. The highest BCUT2D eigenvalue weighted by Crippen LogP contribution is 2.36. The molecule has 0 fully saturated rings. The van der Waals surface area contributed by atoms with Crippen molar-refractivity contribution in [1.29, 1.82) is 0 Å². The third kappa shape index (κ3) is 3.21. The van der Waals surface area contributed by atoms with Crippen molar-refractivity contribution in [3.63, 3.8) is 0 Å². The van der Waals surface area contributed by atoms with Gasteiger partial charge in [-0.2, -0.15) is 13.2 Å². The molecule has 0 aliphatic carbocycles. The zero-order valence-electron chi connectivity index (χ0n) is 10.3. The van der Waals surface area contributed by atoms with Crippen LogP contribution < -0.4 is 4.90 Å². The molecule has 0 unspecified atom stereocenters. The summed E-state index contributed by atoms with van der Waals surface area (Å²) in [5, 5.41) is 0. The van der Waals surface area contributed by atoms with Crippen molar-refractivity contribution in [2.75, 3.05) is 11.9 Å². The summed E-state index contributed by atoms with van der Waals surface area (Å²) in [6, 6.07) is 1.66. The summed E-state index contributed by atoms with van der Waals surface area (Å²) >= 11 is 2.90. The second kappa shape index (κ2) is 5.70. The Kier molecular flexibility index (Phi) is 4.17. The molecule has 0 saturated carbocycles. The van der Waals surface area contributed by atoms with Crippen molar-refractivity contribution >= 4 is 21.7 Å². The molecule has 106 valence electrons. The van der Waals surface area contributed by atoms with Crippen LogP contribution in [0.4, 0.5) is 19.0 Å². The molecule has 0 aromatic carbocycles. The van der Waals surface area contributed by atoms with E-state index >= 15 is 0 Å². The standard InChI is InChI=1S/C11H9BrF3N5/c1-20(5-7-16-3-2-4-17-7)10-8(12)9(11(13,14)15)18-6-19-10/h2-4,6H,5H2,1H3. The van der Waals surface area contributed by atoms with Crippen LogP contribution in [0.25, 0.3) is 0 Å². The summed E-state index contributed by atoms with van der Waals surface area (Å²) in [5.41, 5.74) is -1.01. The molecule has 0 radical (unpaired) electrons. The second-order valence-electron chi connectivity index (χ2n) is 3.88. The van der Waals surface area contributed by atoms with Crippen LogP contribution in [0.3, 0.4) is 0 Å². The third-order valence-electron chi connectivity index (χ3n) is 2.40. The second-order valence-corrected chi connectivity index (χ2v) is 4.67. The van der Waals surface area contributed by atoms with Crippen LogP contribution in [-0.2, 0) is 12.7 Å². The summed E-state index contributed by atoms with van der Waals surface area (Å²) in [6.07, 6.45) is -0.537. The molecule has 2 aromatic rings. The van der Waals surface area contributed by atoms with Crippen LogP contribution >= 0.6 is 15.9 Å². The van der Waals surface area contributed by atoms with E-state index in [1.807, 2.05) is 0 Å². The SMILES string of the molecule is CN(Cc1ncccn1)c1ncnc(C(F)(F)F)c1Br. The number of nitrogens with zero attached hydrogens (tertiary/aromatic N) is 5. The predicted molar refractivity (Wildman–Crippen MR) is 68.9 cm³/mol. The average molecular weight is 348 g/mol. The van der Waals surface area contributed by atoms with Gasteiger partial charge in [-0.05, 0) is 22.0 Å². The van der Waals surface area contributed by atoms with Gasteiger partial charge in [-0.15, -0.1) is 0 Å². The first-order valence-corrected chi connectivity index (χ1v) is 6.23. The molecule has 0 N–H and O–H groups in total. The van der Waals surface area contributed by atoms with Gasteiger partial charge in [0.15, 0.2) is 5.69 Å². The highest BCUT2D eigenvalue weighted by atomic mass is 79.9. The Morgan fingerprint density at radius 3 is 2.40 bits per heavy atom. The topological polar surface area (TPSA) is 54.8 Å². The van der Waals surface area contributed by atoms with E-state index in [9.17, 15) is 13.2 Å². The Labute approximate surface area is 121 Å². The number of anilines is 1. The van der Waals surface area contributed by atoms with Crippen LogP contribution in [0.2, 0.25) is 0 Å². The van der Waals surface area contributed by atoms with Gasteiger partial charge >= 0.3 is 6.18 Å². The number of halogens is 4.